The van der Waals surface area contributed by atoms with Crippen molar-refractivity contribution >= 4 is 5.97 Å². The largest absolute Gasteiger partial charge is 0.493 e. The van der Waals surface area contributed by atoms with Crippen LogP contribution in [-0.2, 0) is 0 Å². The molecule has 0 saturated carbocycles. The summed E-state index contributed by atoms with van der Waals surface area (Å²) < 4.78 is 18.5. The van der Waals surface area contributed by atoms with Crippen LogP contribution in [0, 0.1) is 5.82 Å². The molecule has 0 aliphatic heterocycles. The van der Waals surface area contributed by atoms with E-state index in [1.165, 1.54) is 31.7 Å². The highest BCUT2D eigenvalue weighted by Gasteiger charge is 2.11. The molecule has 0 fully saturated rings. The van der Waals surface area contributed by atoms with Crippen molar-refractivity contribution in [2.24, 2.45) is 0 Å². The number of rotatable bonds is 10. The molecule has 0 aromatic heterocycles. The second-order valence-corrected chi connectivity index (χ2v) is 4.92. The van der Waals surface area contributed by atoms with Crippen LogP contribution in [0.3, 0.4) is 0 Å². The van der Waals surface area contributed by atoms with E-state index in [-0.39, 0.29) is 11.3 Å². The molecular weight excluding hydrogens is 259 g/mol. The number of carboxylic acids is 1. The zero-order valence-corrected chi connectivity index (χ0v) is 12.0. The Morgan fingerprint density at radius 1 is 1.15 bits per heavy atom. The van der Waals surface area contributed by atoms with Crippen LogP contribution in [0.5, 0.6) is 5.75 Å². The summed E-state index contributed by atoms with van der Waals surface area (Å²) in [7, 11) is 0. The van der Waals surface area contributed by atoms with Gasteiger partial charge in [-0.25, -0.2) is 9.18 Å². The molecule has 1 rings (SSSR count). The van der Waals surface area contributed by atoms with Gasteiger partial charge in [-0.2, -0.15) is 0 Å². The molecule has 0 amide bonds. The molecule has 112 valence electrons. The maximum absolute atomic E-state index is 13.1. The zero-order valence-electron chi connectivity index (χ0n) is 12.0. The van der Waals surface area contributed by atoms with Crippen molar-refractivity contribution in [3.8, 4) is 5.75 Å². The molecule has 0 radical (unpaired) electrons. The summed E-state index contributed by atoms with van der Waals surface area (Å²) in [4.78, 5) is 11.0. The molecule has 0 heterocycles. The van der Waals surface area contributed by atoms with Gasteiger partial charge < -0.3 is 9.84 Å². The fourth-order valence-corrected chi connectivity index (χ4v) is 2.03. The van der Waals surface area contributed by atoms with Gasteiger partial charge in [-0.05, 0) is 18.6 Å². The van der Waals surface area contributed by atoms with Crippen LogP contribution in [0.2, 0.25) is 0 Å². The molecule has 1 aromatic carbocycles. The van der Waals surface area contributed by atoms with E-state index in [1.807, 2.05) is 0 Å². The Hall–Kier alpha value is -1.58. The van der Waals surface area contributed by atoms with Crippen molar-refractivity contribution in [3.63, 3.8) is 0 Å². The first-order valence-corrected chi connectivity index (χ1v) is 7.30. The van der Waals surface area contributed by atoms with Crippen LogP contribution in [0.4, 0.5) is 4.39 Å². The van der Waals surface area contributed by atoms with Crippen molar-refractivity contribution in [2.45, 2.75) is 51.9 Å². The number of ether oxygens (including phenoxy) is 1. The van der Waals surface area contributed by atoms with Crippen LogP contribution >= 0.6 is 0 Å². The number of carboxylic acid groups (broad SMARTS) is 1. The third kappa shape index (κ3) is 6.04. The number of hydrogen-bond donors (Lipinski definition) is 1. The molecule has 0 bridgehead atoms. The second-order valence-electron chi connectivity index (χ2n) is 4.92. The van der Waals surface area contributed by atoms with E-state index in [9.17, 15) is 9.18 Å². The van der Waals surface area contributed by atoms with E-state index in [0.717, 1.165) is 31.4 Å². The van der Waals surface area contributed by atoms with Gasteiger partial charge in [0.1, 0.15) is 17.1 Å². The lowest BCUT2D eigenvalue weighted by Gasteiger charge is -2.09. The number of halogens is 1. The average molecular weight is 282 g/mol. The molecule has 0 atom stereocenters. The molecule has 0 saturated heterocycles. The van der Waals surface area contributed by atoms with Gasteiger partial charge in [0.05, 0.1) is 6.61 Å². The van der Waals surface area contributed by atoms with Crippen LogP contribution < -0.4 is 4.74 Å². The molecule has 20 heavy (non-hydrogen) atoms. The number of hydrogen-bond acceptors (Lipinski definition) is 2. The van der Waals surface area contributed by atoms with Crippen LogP contribution in [0.25, 0.3) is 0 Å². The highest BCUT2D eigenvalue weighted by molar-refractivity contribution is 5.90. The van der Waals surface area contributed by atoms with E-state index in [1.54, 1.807) is 0 Å². The van der Waals surface area contributed by atoms with Gasteiger partial charge in [-0.1, -0.05) is 45.4 Å². The van der Waals surface area contributed by atoms with Crippen molar-refractivity contribution in [2.75, 3.05) is 6.61 Å². The molecule has 1 aromatic rings. The topological polar surface area (TPSA) is 46.5 Å². The minimum atomic E-state index is -1.10. The summed E-state index contributed by atoms with van der Waals surface area (Å²) in [5.41, 5.74) is 0.00865. The summed E-state index contributed by atoms with van der Waals surface area (Å²) in [5.74, 6) is -1.47. The Labute approximate surface area is 119 Å². The average Bonchev–Trinajstić information content (AvgIpc) is 2.41. The van der Waals surface area contributed by atoms with Crippen molar-refractivity contribution in [1.29, 1.82) is 0 Å². The molecule has 4 heteroatoms. The first kappa shape index (κ1) is 16.5. The lowest BCUT2D eigenvalue weighted by molar-refractivity contribution is 0.0692. The van der Waals surface area contributed by atoms with E-state index < -0.39 is 11.8 Å². The van der Waals surface area contributed by atoms with Crippen LogP contribution in [0.15, 0.2) is 18.2 Å². The molecule has 3 nitrogen and oxygen atoms in total. The fourth-order valence-electron chi connectivity index (χ4n) is 2.03. The maximum atomic E-state index is 13.1. The van der Waals surface area contributed by atoms with Crippen LogP contribution in [-0.4, -0.2) is 17.7 Å². The minimum Gasteiger partial charge on any atom is -0.493 e. The lowest BCUT2D eigenvalue weighted by Crippen LogP contribution is -2.05. The fraction of sp³-hybridized carbons (Fsp3) is 0.562. The number of aromatic carboxylic acids is 1. The van der Waals surface area contributed by atoms with Gasteiger partial charge in [-0.15, -0.1) is 0 Å². The summed E-state index contributed by atoms with van der Waals surface area (Å²) in [6, 6.07) is 3.49. The highest BCUT2D eigenvalue weighted by Crippen LogP contribution is 2.20. The number of carbonyl (C=O) groups is 1. The van der Waals surface area contributed by atoms with E-state index in [2.05, 4.69) is 6.92 Å². The Kier molecular flexibility index (Phi) is 7.70. The summed E-state index contributed by atoms with van der Waals surface area (Å²) >= 11 is 0. The third-order valence-electron chi connectivity index (χ3n) is 3.18. The van der Waals surface area contributed by atoms with E-state index in [4.69, 9.17) is 9.84 Å². The Morgan fingerprint density at radius 3 is 2.45 bits per heavy atom. The Balaban J connectivity index is 2.28. The standard InChI is InChI=1S/C16H23FO3/c1-2-3-4-5-6-7-8-11-20-15-12-13(17)9-10-14(15)16(18)19/h9-10,12H,2-8,11H2,1H3,(H,18,19). The van der Waals surface area contributed by atoms with E-state index >= 15 is 0 Å². The monoisotopic (exact) mass is 282 g/mol. The van der Waals surface area contributed by atoms with Crippen molar-refractivity contribution in [1.82, 2.24) is 0 Å². The molecule has 1 N–H and O–H groups in total. The molecule has 0 spiro atoms. The van der Waals surface area contributed by atoms with Gasteiger partial charge in [-0.3, -0.25) is 0 Å². The predicted octanol–water partition coefficient (Wildman–Crippen LogP) is 4.65. The quantitative estimate of drug-likeness (QED) is 0.635. The minimum absolute atomic E-state index is 0.00865. The first-order chi connectivity index (χ1) is 9.65. The van der Waals surface area contributed by atoms with Crippen molar-refractivity contribution in [3.05, 3.63) is 29.6 Å². The van der Waals surface area contributed by atoms with Gasteiger partial charge in [0.15, 0.2) is 0 Å². The van der Waals surface area contributed by atoms with Gasteiger partial charge in [0, 0.05) is 6.07 Å². The number of unbranched alkanes of at least 4 members (excludes halogenated alkanes) is 6. The first-order valence-electron chi connectivity index (χ1n) is 7.30. The molecule has 0 aliphatic rings. The van der Waals surface area contributed by atoms with Crippen LogP contribution in [0.1, 0.15) is 62.2 Å². The third-order valence-corrected chi connectivity index (χ3v) is 3.18. The highest BCUT2D eigenvalue weighted by atomic mass is 19.1. The Morgan fingerprint density at radius 2 is 1.80 bits per heavy atom. The zero-order chi connectivity index (χ0) is 14.8. The van der Waals surface area contributed by atoms with E-state index in [0.29, 0.717) is 6.61 Å². The second kappa shape index (κ2) is 9.34. The van der Waals surface area contributed by atoms with Gasteiger partial charge >= 0.3 is 5.97 Å². The summed E-state index contributed by atoms with van der Waals surface area (Å²) in [6.07, 6.45) is 8.10. The maximum Gasteiger partial charge on any atom is 0.339 e. The molecular formula is C16H23FO3. The summed E-state index contributed by atoms with van der Waals surface area (Å²) in [5, 5.41) is 8.98. The summed E-state index contributed by atoms with van der Waals surface area (Å²) in [6.45, 7) is 2.62. The lowest BCUT2D eigenvalue weighted by atomic mass is 10.1. The smallest absolute Gasteiger partial charge is 0.339 e. The number of benzene rings is 1. The normalized spacial score (nSPS) is 10.5. The van der Waals surface area contributed by atoms with Gasteiger partial charge in [0.25, 0.3) is 0 Å². The predicted molar refractivity (Wildman–Crippen MR) is 76.8 cm³/mol. The van der Waals surface area contributed by atoms with Crippen molar-refractivity contribution < 1.29 is 19.0 Å². The molecule has 0 aliphatic carbocycles. The SMILES string of the molecule is CCCCCCCCCOc1cc(F)ccc1C(=O)O. The Bertz CT molecular complexity index is 418. The van der Waals surface area contributed by atoms with Gasteiger partial charge in [0.2, 0.25) is 0 Å². The molecule has 0 unspecified atom stereocenters.